The van der Waals surface area contributed by atoms with Gasteiger partial charge < -0.3 is 4.74 Å². The lowest BCUT2D eigenvalue weighted by atomic mass is 9.97. The molecule has 1 nitrogen and oxygen atoms in total. The van der Waals surface area contributed by atoms with E-state index in [1.807, 2.05) is 0 Å². The van der Waals surface area contributed by atoms with Crippen molar-refractivity contribution >= 4 is 31.9 Å². The van der Waals surface area contributed by atoms with Crippen molar-refractivity contribution in [2.75, 3.05) is 13.2 Å². The Morgan fingerprint density at radius 1 is 1.64 bits per heavy atom. The Morgan fingerprint density at radius 2 is 2.36 bits per heavy atom. The van der Waals surface area contributed by atoms with Crippen LogP contribution in [0.25, 0.3) is 0 Å². The molecule has 1 rings (SSSR count). The van der Waals surface area contributed by atoms with E-state index in [-0.39, 0.29) is 4.32 Å². The summed E-state index contributed by atoms with van der Waals surface area (Å²) in [4.78, 5) is 0.573. The van der Waals surface area contributed by atoms with Crippen molar-refractivity contribution in [3.05, 3.63) is 0 Å². The normalized spacial score (nSPS) is 39.0. The molecule has 0 aromatic heterocycles. The average Bonchev–Trinajstić information content (AvgIpc) is 1.96. The number of rotatable bonds is 2. The van der Waals surface area contributed by atoms with E-state index in [1.165, 1.54) is 12.8 Å². The molecule has 0 amide bonds. The Balaban J connectivity index is 2.49. The number of hydrogen-bond acceptors (Lipinski definition) is 1. The lowest BCUT2D eigenvalue weighted by Gasteiger charge is -2.36. The minimum absolute atomic E-state index is 0.194. The molecule has 1 heterocycles. The summed E-state index contributed by atoms with van der Waals surface area (Å²) in [6, 6.07) is 0. The Bertz CT molecular complexity index is 125. The molecule has 0 saturated carbocycles. The molecule has 2 unspecified atom stereocenters. The van der Waals surface area contributed by atoms with Crippen molar-refractivity contribution in [3.63, 3.8) is 0 Å². The Morgan fingerprint density at radius 3 is 2.91 bits per heavy atom. The zero-order chi connectivity index (χ0) is 8.32. The molecule has 1 aliphatic rings. The molecule has 1 saturated heterocycles. The molecule has 11 heavy (non-hydrogen) atoms. The molecular formula is C8H14Br2O. The standard InChI is InChI=1S/C8H14Br2O/c1-2-4-8(10)6-11-5-3-7(8)9/h7H,2-6H2,1H3. The first-order chi connectivity index (χ1) is 5.19. The number of ether oxygens (including phenoxy) is 1. The summed E-state index contributed by atoms with van der Waals surface area (Å²) in [5.41, 5.74) is 0. The van der Waals surface area contributed by atoms with Gasteiger partial charge in [0, 0.05) is 11.4 Å². The summed E-state index contributed by atoms with van der Waals surface area (Å²) >= 11 is 7.43. The van der Waals surface area contributed by atoms with E-state index >= 15 is 0 Å². The van der Waals surface area contributed by atoms with Gasteiger partial charge in [-0.2, -0.15) is 0 Å². The molecule has 0 radical (unpaired) electrons. The van der Waals surface area contributed by atoms with Gasteiger partial charge in [-0.1, -0.05) is 45.2 Å². The van der Waals surface area contributed by atoms with Gasteiger partial charge in [-0.25, -0.2) is 0 Å². The van der Waals surface area contributed by atoms with Crippen LogP contribution in [0.15, 0.2) is 0 Å². The Hall–Kier alpha value is 0.920. The van der Waals surface area contributed by atoms with E-state index in [2.05, 4.69) is 38.8 Å². The van der Waals surface area contributed by atoms with Gasteiger partial charge in [-0.15, -0.1) is 0 Å². The third-order valence-electron chi connectivity index (χ3n) is 2.08. The van der Waals surface area contributed by atoms with Gasteiger partial charge in [0.15, 0.2) is 0 Å². The second-order valence-electron chi connectivity index (χ2n) is 3.09. The molecule has 1 aliphatic heterocycles. The highest BCUT2D eigenvalue weighted by molar-refractivity contribution is 9.12. The molecule has 0 N–H and O–H groups in total. The minimum Gasteiger partial charge on any atom is -0.380 e. The van der Waals surface area contributed by atoms with Crippen LogP contribution in [0, 0.1) is 0 Å². The summed E-state index contributed by atoms with van der Waals surface area (Å²) < 4.78 is 5.63. The molecule has 0 aliphatic carbocycles. The zero-order valence-corrected chi connectivity index (χ0v) is 9.95. The third kappa shape index (κ3) is 2.43. The van der Waals surface area contributed by atoms with Crippen LogP contribution >= 0.6 is 31.9 Å². The van der Waals surface area contributed by atoms with Gasteiger partial charge in [-0.3, -0.25) is 0 Å². The van der Waals surface area contributed by atoms with E-state index in [9.17, 15) is 0 Å². The molecule has 0 aromatic rings. The fourth-order valence-electron chi connectivity index (χ4n) is 1.42. The third-order valence-corrected chi connectivity index (χ3v) is 5.21. The van der Waals surface area contributed by atoms with Gasteiger partial charge in [0.05, 0.1) is 10.9 Å². The van der Waals surface area contributed by atoms with Crippen LogP contribution in [-0.2, 0) is 4.74 Å². The van der Waals surface area contributed by atoms with Crippen molar-refractivity contribution in [3.8, 4) is 0 Å². The van der Waals surface area contributed by atoms with Crippen LogP contribution in [0.2, 0.25) is 0 Å². The smallest absolute Gasteiger partial charge is 0.0630 e. The molecule has 1 fully saturated rings. The van der Waals surface area contributed by atoms with Crippen molar-refractivity contribution in [1.29, 1.82) is 0 Å². The summed E-state index contributed by atoms with van der Waals surface area (Å²) in [7, 11) is 0. The fraction of sp³-hybridized carbons (Fsp3) is 1.00. The quantitative estimate of drug-likeness (QED) is 0.709. The van der Waals surface area contributed by atoms with Gasteiger partial charge in [0.1, 0.15) is 0 Å². The predicted octanol–water partition coefficient (Wildman–Crippen LogP) is 3.10. The average molecular weight is 286 g/mol. The molecule has 0 aromatic carbocycles. The SMILES string of the molecule is CCCC1(Br)COCCC1Br. The summed E-state index contributed by atoms with van der Waals surface area (Å²) in [6.07, 6.45) is 3.50. The summed E-state index contributed by atoms with van der Waals surface area (Å²) in [6.45, 7) is 3.95. The van der Waals surface area contributed by atoms with Crippen LogP contribution in [0.1, 0.15) is 26.2 Å². The highest BCUT2D eigenvalue weighted by Gasteiger charge is 2.36. The van der Waals surface area contributed by atoms with Gasteiger partial charge in [0.25, 0.3) is 0 Å². The minimum atomic E-state index is 0.194. The van der Waals surface area contributed by atoms with E-state index < -0.39 is 0 Å². The number of alkyl halides is 2. The highest BCUT2D eigenvalue weighted by atomic mass is 79.9. The first kappa shape index (κ1) is 10.0. The van der Waals surface area contributed by atoms with Gasteiger partial charge in [0.2, 0.25) is 0 Å². The molecular weight excluding hydrogens is 272 g/mol. The highest BCUT2D eigenvalue weighted by Crippen LogP contribution is 2.37. The van der Waals surface area contributed by atoms with Gasteiger partial charge >= 0.3 is 0 Å². The first-order valence-electron chi connectivity index (χ1n) is 4.10. The second kappa shape index (κ2) is 4.24. The van der Waals surface area contributed by atoms with Gasteiger partial charge in [-0.05, 0) is 12.8 Å². The summed E-state index contributed by atoms with van der Waals surface area (Å²) in [5, 5.41) is 0. The topological polar surface area (TPSA) is 9.23 Å². The lowest BCUT2D eigenvalue weighted by molar-refractivity contribution is 0.0739. The largest absolute Gasteiger partial charge is 0.380 e. The van der Waals surface area contributed by atoms with Crippen LogP contribution in [0.5, 0.6) is 0 Å². The fourth-order valence-corrected chi connectivity index (χ4v) is 2.76. The zero-order valence-electron chi connectivity index (χ0n) is 6.78. The van der Waals surface area contributed by atoms with Crippen LogP contribution in [0.3, 0.4) is 0 Å². The molecule has 0 spiro atoms. The van der Waals surface area contributed by atoms with Crippen LogP contribution in [-0.4, -0.2) is 22.4 Å². The van der Waals surface area contributed by atoms with E-state index in [4.69, 9.17) is 4.74 Å². The van der Waals surface area contributed by atoms with Crippen LogP contribution in [0.4, 0.5) is 0 Å². The Kier molecular flexibility index (Phi) is 3.86. The first-order valence-corrected chi connectivity index (χ1v) is 5.80. The molecule has 2 atom stereocenters. The maximum Gasteiger partial charge on any atom is 0.0630 e. The number of halogens is 2. The Labute approximate surface area is 85.1 Å². The van der Waals surface area contributed by atoms with E-state index in [0.29, 0.717) is 4.83 Å². The van der Waals surface area contributed by atoms with Crippen molar-refractivity contribution < 1.29 is 4.74 Å². The summed E-state index contributed by atoms with van der Waals surface area (Å²) in [5.74, 6) is 0. The molecule has 0 bridgehead atoms. The monoisotopic (exact) mass is 284 g/mol. The predicted molar refractivity (Wildman–Crippen MR) is 54.7 cm³/mol. The number of hydrogen-bond donors (Lipinski definition) is 0. The maximum atomic E-state index is 5.43. The maximum absolute atomic E-state index is 5.43. The van der Waals surface area contributed by atoms with Crippen molar-refractivity contribution in [2.24, 2.45) is 0 Å². The van der Waals surface area contributed by atoms with Crippen LogP contribution < -0.4 is 0 Å². The second-order valence-corrected chi connectivity index (χ2v) is 5.78. The van der Waals surface area contributed by atoms with Crippen molar-refractivity contribution in [2.45, 2.75) is 35.3 Å². The lowest BCUT2D eigenvalue weighted by Crippen LogP contribution is -2.41. The van der Waals surface area contributed by atoms with E-state index in [0.717, 1.165) is 19.6 Å². The van der Waals surface area contributed by atoms with E-state index in [1.54, 1.807) is 0 Å². The molecule has 3 heteroatoms. The van der Waals surface area contributed by atoms with Crippen molar-refractivity contribution in [1.82, 2.24) is 0 Å². The molecule has 66 valence electrons.